The molecule has 1 N–H and O–H groups in total. The first kappa shape index (κ1) is 25.7. The Kier molecular flexibility index (Phi) is 6.84. The maximum absolute atomic E-state index is 12.1. The number of alkyl carbamates (subject to hydrolysis) is 1. The van der Waals surface area contributed by atoms with Crippen LogP contribution < -0.4 is 5.32 Å². The number of aromatic nitrogens is 4. The predicted octanol–water partition coefficient (Wildman–Crippen LogP) is 6.16. The van der Waals surface area contributed by atoms with Gasteiger partial charge in [-0.1, -0.05) is 54.6 Å². The first-order valence-electron chi connectivity index (χ1n) is 14.6. The van der Waals surface area contributed by atoms with Crippen LogP contribution >= 0.6 is 0 Å². The molecule has 2 aliphatic rings. The van der Waals surface area contributed by atoms with Crippen molar-refractivity contribution in [2.24, 2.45) is 0 Å². The number of nitrogens with zero attached hydrogens (tertiary/aromatic N) is 5. The number of carbonyl (C=O) groups excluding carboxylic acids is 1. The van der Waals surface area contributed by atoms with E-state index in [4.69, 9.17) is 9.72 Å². The highest BCUT2D eigenvalue weighted by Crippen LogP contribution is 2.34. The number of benzene rings is 2. The molecule has 7 rings (SSSR count). The second-order valence-electron chi connectivity index (χ2n) is 11.3. The van der Waals surface area contributed by atoms with Gasteiger partial charge in [-0.05, 0) is 56.2 Å². The minimum absolute atomic E-state index is 0.00401. The van der Waals surface area contributed by atoms with E-state index in [0.29, 0.717) is 6.04 Å². The van der Waals surface area contributed by atoms with Gasteiger partial charge in [0.15, 0.2) is 11.3 Å². The van der Waals surface area contributed by atoms with Crippen LogP contribution in [-0.4, -0.2) is 55.8 Å². The Bertz CT molecular complexity index is 1690. The standard InChI is InChI=1S/C33H34N6O2/c1-22-18-30-34-20-26-19-29(24-6-3-2-4-7-24)31(36-32(26)39(30)37-22)25-12-10-23(11-13-25)21-38-16-14-28(15-17-38)41-33(40)35-27-8-5-9-27/h2-4,6-7,10-13,18-20,27-28H,5,8-9,14-17,21H2,1H3,(H,35,40). The first-order chi connectivity index (χ1) is 20.1. The van der Waals surface area contributed by atoms with Gasteiger partial charge in [0.1, 0.15) is 6.10 Å². The predicted molar refractivity (Wildman–Crippen MR) is 159 cm³/mol. The third kappa shape index (κ3) is 5.39. The van der Waals surface area contributed by atoms with Gasteiger partial charge >= 0.3 is 6.09 Å². The van der Waals surface area contributed by atoms with Gasteiger partial charge in [-0.3, -0.25) is 4.90 Å². The van der Waals surface area contributed by atoms with E-state index in [-0.39, 0.29) is 12.2 Å². The number of nitrogens with one attached hydrogen (secondary N) is 1. The first-order valence-corrected chi connectivity index (χ1v) is 14.6. The molecule has 0 radical (unpaired) electrons. The number of hydrogen-bond acceptors (Lipinski definition) is 6. The molecule has 5 aromatic rings. The Labute approximate surface area is 239 Å². The van der Waals surface area contributed by atoms with Crippen molar-refractivity contribution < 1.29 is 9.53 Å². The molecular formula is C33H34N6O2. The van der Waals surface area contributed by atoms with Crippen LogP contribution in [0.25, 0.3) is 39.1 Å². The maximum Gasteiger partial charge on any atom is 0.407 e. The summed E-state index contributed by atoms with van der Waals surface area (Å²) in [6, 6.07) is 23.6. The monoisotopic (exact) mass is 546 g/mol. The second kappa shape index (κ2) is 10.9. The molecule has 1 saturated carbocycles. The fourth-order valence-electron chi connectivity index (χ4n) is 5.83. The minimum atomic E-state index is -0.249. The molecule has 8 heteroatoms. The molecule has 1 aliphatic heterocycles. The molecule has 0 bridgehead atoms. The van der Waals surface area contributed by atoms with Crippen LogP contribution in [0.1, 0.15) is 43.4 Å². The highest BCUT2D eigenvalue weighted by molar-refractivity contribution is 5.90. The number of piperidine rings is 1. The van der Waals surface area contributed by atoms with Crippen molar-refractivity contribution in [1.29, 1.82) is 0 Å². The number of hydrogen-bond donors (Lipinski definition) is 1. The quantitative estimate of drug-likeness (QED) is 0.275. The van der Waals surface area contributed by atoms with Crippen molar-refractivity contribution in [2.45, 2.75) is 57.7 Å². The molecule has 2 aromatic carbocycles. The Morgan fingerprint density at radius 3 is 2.49 bits per heavy atom. The number of fused-ring (bicyclic) bond motifs is 3. The fourth-order valence-corrected chi connectivity index (χ4v) is 5.83. The third-order valence-corrected chi connectivity index (χ3v) is 8.33. The average molecular weight is 547 g/mol. The lowest BCUT2D eigenvalue weighted by Crippen LogP contribution is -2.43. The van der Waals surface area contributed by atoms with Gasteiger partial charge in [0.25, 0.3) is 0 Å². The van der Waals surface area contributed by atoms with Gasteiger partial charge < -0.3 is 10.1 Å². The van der Waals surface area contributed by atoms with Gasteiger partial charge in [0.2, 0.25) is 0 Å². The van der Waals surface area contributed by atoms with Gasteiger partial charge in [0, 0.05) is 54.5 Å². The highest BCUT2D eigenvalue weighted by atomic mass is 16.6. The van der Waals surface area contributed by atoms with Crippen LogP contribution in [0, 0.1) is 6.92 Å². The normalized spacial score (nSPS) is 16.6. The van der Waals surface area contributed by atoms with E-state index in [1.807, 2.05) is 29.8 Å². The summed E-state index contributed by atoms with van der Waals surface area (Å²) in [4.78, 5) is 24.3. The average Bonchev–Trinajstić information content (AvgIpc) is 3.37. The lowest BCUT2D eigenvalue weighted by Gasteiger charge is -2.32. The molecule has 4 heterocycles. The molecule has 2 fully saturated rings. The summed E-state index contributed by atoms with van der Waals surface area (Å²) in [6.45, 7) is 4.68. The molecule has 0 atom stereocenters. The fraction of sp³-hybridized carbons (Fsp3) is 0.333. The summed E-state index contributed by atoms with van der Waals surface area (Å²) >= 11 is 0. The Balaban J connectivity index is 1.09. The van der Waals surface area contributed by atoms with Crippen LogP contribution in [0.2, 0.25) is 0 Å². The van der Waals surface area contributed by atoms with Crippen molar-refractivity contribution >= 4 is 22.8 Å². The molecule has 1 saturated heterocycles. The second-order valence-corrected chi connectivity index (χ2v) is 11.3. The van der Waals surface area contributed by atoms with E-state index >= 15 is 0 Å². The molecule has 1 amide bonds. The van der Waals surface area contributed by atoms with Gasteiger partial charge in [-0.2, -0.15) is 9.61 Å². The molecule has 0 spiro atoms. The van der Waals surface area contributed by atoms with E-state index in [1.54, 1.807) is 0 Å². The summed E-state index contributed by atoms with van der Waals surface area (Å²) in [6.07, 6.45) is 6.72. The van der Waals surface area contributed by atoms with Crippen molar-refractivity contribution in [3.63, 3.8) is 0 Å². The Morgan fingerprint density at radius 1 is 0.976 bits per heavy atom. The van der Waals surface area contributed by atoms with Gasteiger partial charge in [0.05, 0.1) is 11.4 Å². The molecule has 0 unspecified atom stereocenters. The van der Waals surface area contributed by atoms with Crippen molar-refractivity contribution in [1.82, 2.24) is 29.8 Å². The minimum Gasteiger partial charge on any atom is -0.446 e. The van der Waals surface area contributed by atoms with Gasteiger partial charge in [-0.25, -0.2) is 14.8 Å². The topological polar surface area (TPSA) is 84.7 Å². The lowest BCUT2D eigenvalue weighted by atomic mass is 9.93. The molecular weight excluding hydrogens is 512 g/mol. The van der Waals surface area contributed by atoms with Crippen LogP contribution in [-0.2, 0) is 11.3 Å². The molecule has 8 nitrogen and oxygen atoms in total. The Morgan fingerprint density at radius 2 is 1.76 bits per heavy atom. The molecule has 208 valence electrons. The lowest BCUT2D eigenvalue weighted by molar-refractivity contribution is 0.0452. The summed E-state index contributed by atoms with van der Waals surface area (Å²) in [5, 5.41) is 8.58. The van der Waals surface area contributed by atoms with Crippen LogP contribution in [0.5, 0.6) is 0 Å². The zero-order valence-electron chi connectivity index (χ0n) is 23.3. The summed E-state index contributed by atoms with van der Waals surface area (Å²) in [5.41, 5.74) is 7.94. The van der Waals surface area contributed by atoms with E-state index < -0.39 is 0 Å². The highest BCUT2D eigenvalue weighted by Gasteiger charge is 2.25. The van der Waals surface area contributed by atoms with Crippen molar-refractivity contribution in [3.05, 3.63) is 84.2 Å². The van der Waals surface area contributed by atoms with Crippen LogP contribution in [0.4, 0.5) is 4.79 Å². The summed E-state index contributed by atoms with van der Waals surface area (Å²) < 4.78 is 7.51. The summed E-state index contributed by atoms with van der Waals surface area (Å²) in [7, 11) is 0. The SMILES string of the molecule is Cc1cc2ncc3cc(-c4ccccc4)c(-c4ccc(CN5CCC(OC(=O)NC6CCC6)CC5)cc4)nc3n2n1. The van der Waals surface area contributed by atoms with Crippen molar-refractivity contribution in [3.8, 4) is 22.4 Å². The van der Waals surface area contributed by atoms with Crippen LogP contribution in [0.15, 0.2) is 72.9 Å². The number of ether oxygens (including phenoxy) is 1. The van der Waals surface area contributed by atoms with Crippen LogP contribution in [0.3, 0.4) is 0 Å². The third-order valence-electron chi connectivity index (χ3n) is 8.33. The number of likely N-dealkylation sites (tertiary alicyclic amines) is 1. The zero-order chi connectivity index (χ0) is 27.8. The van der Waals surface area contributed by atoms with E-state index in [1.165, 1.54) is 12.0 Å². The smallest absolute Gasteiger partial charge is 0.407 e. The zero-order valence-corrected chi connectivity index (χ0v) is 23.3. The number of amides is 1. The molecule has 3 aromatic heterocycles. The maximum atomic E-state index is 12.1. The van der Waals surface area contributed by atoms with E-state index in [2.05, 4.69) is 74.9 Å². The number of rotatable bonds is 6. The number of pyridine rings is 1. The van der Waals surface area contributed by atoms with E-state index in [9.17, 15) is 4.79 Å². The van der Waals surface area contributed by atoms with Crippen molar-refractivity contribution in [2.75, 3.05) is 13.1 Å². The number of carbonyl (C=O) groups is 1. The number of aryl methyl sites for hydroxylation is 1. The molecule has 1 aliphatic carbocycles. The van der Waals surface area contributed by atoms with Gasteiger partial charge in [-0.15, -0.1) is 0 Å². The molecule has 41 heavy (non-hydrogen) atoms. The largest absolute Gasteiger partial charge is 0.446 e. The summed E-state index contributed by atoms with van der Waals surface area (Å²) in [5.74, 6) is 0. The Hall–Kier alpha value is -4.30. The van der Waals surface area contributed by atoms with E-state index in [0.717, 1.165) is 90.1 Å².